The lowest BCUT2D eigenvalue weighted by molar-refractivity contribution is 0.332. The first-order chi connectivity index (χ1) is 30.7. The third-order valence-electron chi connectivity index (χ3n) is 14.2. The molecule has 11 rings (SSSR count). The minimum absolute atomic E-state index is 0.120. The summed E-state index contributed by atoms with van der Waals surface area (Å²) in [5.41, 5.74) is 18.2. The van der Waals surface area contributed by atoms with E-state index in [2.05, 4.69) is 216 Å². The predicted molar refractivity (Wildman–Crippen MR) is 260 cm³/mol. The SMILES string of the molecule is CC1(C)CCC(C)(C)c2cc(-c3cccc(-c4nc(C5=CC=C(c6ccccc6)CC5)nc(-c5ccc6c(c5)C(c5ccccc5)(c5ccccc5)c5ccccc5-6)n4)c3)ccc21. The van der Waals surface area contributed by atoms with E-state index in [0.717, 1.165) is 40.9 Å². The molecule has 7 aromatic carbocycles. The van der Waals surface area contributed by atoms with Gasteiger partial charge in [-0.2, -0.15) is 0 Å². The Bertz CT molecular complexity index is 3060. The van der Waals surface area contributed by atoms with Crippen molar-refractivity contribution in [1.29, 1.82) is 0 Å². The second-order valence-corrected chi connectivity index (χ2v) is 19.0. The Morgan fingerprint density at radius 2 is 0.841 bits per heavy atom. The highest BCUT2D eigenvalue weighted by Crippen LogP contribution is 2.56. The highest BCUT2D eigenvalue weighted by Gasteiger charge is 2.46. The molecule has 1 aromatic heterocycles. The topological polar surface area (TPSA) is 38.7 Å². The summed E-state index contributed by atoms with van der Waals surface area (Å²) in [7, 11) is 0. The maximum atomic E-state index is 5.38. The zero-order chi connectivity index (χ0) is 42.8. The Labute approximate surface area is 372 Å². The molecule has 0 aliphatic heterocycles. The van der Waals surface area contributed by atoms with Gasteiger partial charge < -0.3 is 0 Å². The van der Waals surface area contributed by atoms with Gasteiger partial charge in [0.25, 0.3) is 0 Å². The molecule has 0 radical (unpaired) electrons. The van der Waals surface area contributed by atoms with Gasteiger partial charge in [-0.1, -0.05) is 204 Å². The number of benzene rings is 7. The first-order valence-electron chi connectivity index (χ1n) is 22.5. The maximum Gasteiger partial charge on any atom is 0.164 e. The summed E-state index contributed by atoms with van der Waals surface area (Å²) < 4.78 is 0. The van der Waals surface area contributed by atoms with E-state index in [1.165, 1.54) is 74.0 Å². The zero-order valence-corrected chi connectivity index (χ0v) is 36.6. The van der Waals surface area contributed by atoms with Gasteiger partial charge in [0, 0.05) is 11.1 Å². The van der Waals surface area contributed by atoms with Crippen molar-refractivity contribution in [3.63, 3.8) is 0 Å². The van der Waals surface area contributed by atoms with E-state index in [4.69, 9.17) is 15.0 Å². The average Bonchev–Trinajstić information content (AvgIpc) is 3.64. The fraction of sp³-hybridized carbons (Fsp3) is 0.183. The van der Waals surface area contributed by atoms with Gasteiger partial charge >= 0.3 is 0 Å². The van der Waals surface area contributed by atoms with Crippen molar-refractivity contribution in [2.45, 2.75) is 69.6 Å². The van der Waals surface area contributed by atoms with Gasteiger partial charge in [0.2, 0.25) is 0 Å². The van der Waals surface area contributed by atoms with E-state index in [0.29, 0.717) is 11.6 Å². The van der Waals surface area contributed by atoms with Crippen molar-refractivity contribution < 1.29 is 0 Å². The van der Waals surface area contributed by atoms with E-state index in [1.807, 2.05) is 0 Å². The molecule has 0 bridgehead atoms. The molecular formula is C60H51N3. The molecule has 306 valence electrons. The van der Waals surface area contributed by atoms with Crippen LogP contribution in [-0.4, -0.2) is 15.0 Å². The van der Waals surface area contributed by atoms with Crippen LogP contribution in [-0.2, 0) is 16.2 Å². The minimum Gasteiger partial charge on any atom is -0.209 e. The first kappa shape index (κ1) is 38.9. The number of aromatic nitrogens is 3. The Kier molecular flexibility index (Phi) is 9.35. The van der Waals surface area contributed by atoms with E-state index >= 15 is 0 Å². The Balaban J connectivity index is 1.08. The van der Waals surface area contributed by atoms with Gasteiger partial charge in [-0.25, -0.2) is 15.0 Å². The fourth-order valence-electron chi connectivity index (χ4n) is 10.7. The van der Waals surface area contributed by atoms with Crippen LogP contribution in [0.3, 0.4) is 0 Å². The molecule has 0 amide bonds. The van der Waals surface area contributed by atoms with Crippen molar-refractivity contribution in [3.8, 4) is 45.0 Å². The third-order valence-corrected chi connectivity index (χ3v) is 14.2. The monoisotopic (exact) mass is 813 g/mol. The molecular weight excluding hydrogens is 763 g/mol. The molecule has 0 fully saturated rings. The summed E-state index contributed by atoms with van der Waals surface area (Å²) in [6.07, 6.45) is 8.60. The van der Waals surface area contributed by atoms with E-state index < -0.39 is 5.41 Å². The van der Waals surface area contributed by atoms with Crippen LogP contribution in [0.4, 0.5) is 0 Å². The highest BCUT2D eigenvalue weighted by atomic mass is 15.0. The van der Waals surface area contributed by atoms with Crippen molar-refractivity contribution in [2.75, 3.05) is 0 Å². The number of hydrogen-bond donors (Lipinski definition) is 0. The molecule has 0 saturated heterocycles. The standard InChI is InChI=1S/C60H51N3/c1-58(2)35-36-59(3,4)54-38-44(32-34-52(54)58)43-19-16-20-45(37-43)56-61-55(42-29-27-41(28-30-42)40-17-8-5-9-18-40)62-57(63-56)46-31-33-50-49-25-14-15-26-51(49)60(53(50)39-46,47-21-10-6-11-22-47)48-23-12-7-13-24-48/h5-27,29,31-34,37-39H,28,30,35-36H2,1-4H3. The molecule has 0 spiro atoms. The van der Waals surface area contributed by atoms with Gasteiger partial charge in [0.05, 0.1) is 5.41 Å². The maximum absolute atomic E-state index is 5.38. The quantitative estimate of drug-likeness (QED) is 0.161. The highest BCUT2D eigenvalue weighted by molar-refractivity contribution is 5.88. The number of hydrogen-bond acceptors (Lipinski definition) is 3. The smallest absolute Gasteiger partial charge is 0.164 e. The van der Waals surface area contributed by atoms with Crippen LogP contribution in [0.15, 0.2) is 188 Å². The lowest BCUT2D eigenvalue weighted by atomic mass is 9.63. The lowest BCUT2D eigenvalue weighted by Gasteiger charge is -2.42. The minimum atomic E-state index is -0.527. The third kappa shape index (κ3) is 6.61. The molecule has 0 atom stereocenters. The molecule has 63 heavy (non-hydrogen) atoms. The van der Waals surface area contributed by atoms with Crippen molar-refractivity contribution in [2.24, 2.45) is 0 Å². The first-order valence-corrected chi connectivity index (χ1v) is 22.5. The zero-order valence-electron chi connectivity index (χ0n) is 36.6. The van der Waals surface area contributed by atoms with Crippen LogP contribution in [0.25, 0.3) is 56.2 Å². The summed E-state index contributed by atoms with van der Waals surface area (Å²) in [6.45, 7) is 9.57. The van der Waals surface area contributed by atoms with Crippen LogP contribution < -0.4 is 0 Å². The average molecular weight is 814 g/mol. The summed E-state index contributed by atoms with van der Waals surface area (Å²) in [5.74, 6) is 2.07. The second-order valence-electron chi connectivity index (χ2n) is 19.0. The number of allylic oxidation sites excluding steroid dienone is 4. The van der Waals surface area contributed by atoms with Crippen LogP contribution in [0, 0.1) is 0 Å². The Morgan fingerprint density at radius 1 is 0.349 bits per heavy atom. The van der Waals surface area contributed by atoms with E-state index in [1.54, 1.807) is 0 Å². The van der Waals surface area contributed by atoms with E-state index in [-0.39, 0.29) is 10.8 Å². The second kappa shape index (κ2) is 15.1. The van der Waals surface area contributed by atoms with Gasteiger partial charge in [-0.15, -0.1) is 0 Å². The Morgan fingerprint density at radius 3 is 1.52 bits per heavy atom. The predicted octanol–water partition coefficient (Wildman–Crippen LogP) is 14.8. The molecule has 3 aliphatic rings. The van der Waals surface area contributed by atoms with Crippen LogP contribution in [0.1, 0.15) is 98.1 Å². The summed E-state index contributed by atoms with van der Waals surface area (Å²) >= 11 is 0. The van der Waals surface area contributed by atoms with Gasteiger partial charge in [0.15, 0.2) is 17.5 Å². The van der Waals surface area contributed by atoms with Gasteiger partial charge in [0.1, 0.15) is 0 Å². The van der Waals surface area contributed by atoms with Crippen molar-refractivity contribution in [1.82, 2.24) is 15.0 Å². The summed E-state index contributed by atoms with van der Waals surface area (Å²) in [5, 5.41) is 0. The largest absolute Gasteiger partial charge is 0.209 e. The Hall–Kier alpha value is -6.97. The molecule has 0 saturated carbocycles. The van der Waals surface area contributed by atoms with Crippen molar-refractivity contribution >= 4 is 11.1 Å². The molecule has 3 nitrogen and oxygen atoms in total. The molecule has 0 unspecified atom stereocenters. The van der Waals surface area contributed by atoms with Crippen LogP contribution in [0.5, 0.6) is 0 Å². The molecule has 8 aromatic rings. The van der Waals surface area contributed by atoms with E-state index in [9.17, 15) is 0 Å². The van der Waals surface area contributed by atoms with Crippen molar-refractivity contribution in [3.05, 3.63) is 233 Å². The van der Waals surface area contributed by atoms with Gasteiger partial charge in [-0.3, -0.25) is 0 Å². The summed E-state index contributed by atoms with van der Waals surface area (Å²) in [6, 6.07) is 64.3. The number of fused-ring (bicyclic) bond motifs is 4. The number of nitrogens with zero attached hydrogens (tertiary/aromatic N) is 3. The normalized spacial score (nSPS) is 16.6. The number of rotatable bonds is 7. The molecule has 3 heteroatoms. The molecule has 0 N–H and O–H groups in total. The molecule has 3 aliphatic carbocycles. The van der Waals surface area contributed by atoms with Gasteiger partial charge in [-0.05, 0) is 121 Å². The molecule has 1 heterocycles. The van der Waals surface area contributed by atoms with Crippen LogP contribution in [0.2, 0.25) is 0 Å². The lowest BCUT2D eigenvalue weighted by Crippen LogP contribution is -2.33. The summed E-state index contributed by atoms with van der Waals surface area (Å²) in [4.78, 5) is 16.0. The van der Waals surface area contributed by atoms with Crippen LogP contribution >= 0.6 is 0 Å². The fourth-order valence-corrected chi connectivity index (χ4v) is 10.7.